The van der Waals surface area contributed by atoms with Crippen molar-refractivity contribution in [2.75, 3.05) is 0 Å². The minimum absolute atomic E-state index is 0.528. The molecule has 0 spiro atoms. The monoisotopic (exact) mass is 554 g/mol. The smallest absolute Gasteiger partial charge is 0.126 e. The largest absolute Gasteiger partial charge is 0.207 e. The van der Waals surface area contributed by atoms with Gasteiger partial charge in [-0.05, 0) is 83.9 Å². The Morgan fingerprint density at radius 3 is 0.806 bits per heavy atom. The van der Waals surface area contributed by atoms with Crippen LogP contribution in [-0.2, 0) is 0 Å². The van der Waals surface area contributed by atoms with Crippen molar-refractivity contribution in [1.29, 1.82) is 0 Å². The summed E-state index contributed by atoms with van der Waals surface area (Å²) < 4.78 is 54.5. The van der Waals surface area contributed by atoms with Gasteiger partial charge in [0.25, 0.3) is 0 Å². The molecule has 0 aliphatic heterocycles. The van der Waals surface area contributed by atoms with E-state index >= 15 is 0 Å². The zero-order valence-electron chi connectivity index (χ0n) is 18.2. The molecule has 6 aromatic rings. The molecule has 0 bridgehead atoms. The third-order valence-electron chi connectivity index (χ3n) is 5.45. The molecule has 0 radical (unpaired) electrons. The molecule has 0 unspecified atom stereocenters. The number of hydrogen-bond donors (Lipinski definition) is 0. The molecule has 4 heterocycles. The summed E-state index contributed by atoms with van der Waals surface area (Å²) in [6.07, 6.45) is 0. The van der Waals surface area contributed by atoms with Gasteiger partial charge in [0.1, 0.15) is 23.3 Å². The van der Waals surface area contributed by atoms with Crippen LogP contribution < -0.4 is 0 Å². The van der Waals surface area contributed by atoms with E-state index in [0.717, 1.165) is 51.1 Å². The lowest BCUT2D eigenvalue weighted by Crippen LogP contribution is -1.81. The maximum absolute atomic E-state index is 13.6. The van der Waals surface area contributed by atoms with Crippen molar-refractivity contribution in [3.05, 3.63) is 108 Å². The molecule has 0 saturated carbocycles. The Balaban J connectivity index is 1.24. The fourth-order valence-electron chi connectivity index (χ4n) is 3.85. The first-order valence-corrected chi connectivity index (χ1v) is 14.0. The quantitative estimate of drug-likeness (QED) is 0.186. The predicted molar refractivity (Wildman–Crippen MR) is 145 cm³/mol. The summed E-state index contributed by atoms with van der Waals surface area (Å²) in [6.45, 7) is 0. The Hall–Kier alpha value is -3.04. The van der Waals surface area contributed by atoms with Gasteiger partial charge < -0.3 is 0 Å². The van der Waals surface area contributed by atoms with E-state index < -0.39 is 23.3 Å². The lowest BCUT2D eigenvalue weighted by Gasteiger charge is -1.98. The van der Waals surface area contributed by atoms with Gasteiger partial charge in [0.15, 0.2) is 0 Å². The summed E-state index contributed by atoms with van der Waals surface area (Å²) in [7, 11) is 0. The van der Waals surface area contributed by atoms with Crippen molar-refractivity contribution in [3.63, 3.8) is 0 Å². The molecule has 0 aliphatic rings. The third kappa shape index (κ3) is 4.69. The summed E-state index contributed by atoms with van der Waals surface area (Å²) in [5.41, 5.74) is 1.06. The highest BCUT2D eigenvalue weighted by Gasteiger charge is 2.14. The van der Waals surface area contributed by atoms with Gasteiger partial charge in [0.2, 0.25) is 0 Å². The van der Waals surface area contributed by atoms with Crippen molar-refractivity contribution < 1.29 is 17.6 Å². The average Bonchev–Trinajstić information content (AvgIpc) is 3.64. The van der Waals surface area contributed by atoms with Crippen LogP contribution >= 0.6 is 45.3 Å². The predicted octanol–water partition coefficient (Wildman–Crippen LogP) is 10.8. The minimum atomic E-state index is -0.590. The molecule has 8 heteroatoms. The Bertz CT molecular complexity index is 1540. The van der Waals surface area contributed by atoms with E-state index in [-0.39, 0.29) is 0 Å². The van der Waals surface area contributed by atoms with Gasteiger partial charge in [-0.1, -0.05) is 0 Å². The highest BCUT2D eigenvalue weighted by Crippen LogP contribution is 2.45. The van der Waals surface area contributed by atoms with Gasteiger partial charge in [-0.3, -0.25) is 0 Å². The summed E-state index contributed by atoms with van der Waals surface area (Å²) in [5, 5.41) is 0. The van der Waals surface area contributed by atoms with Crippen LogP contribution in [0, 0.1) is 23.3 Å². The Morgan fingerprint density at radius 1 is 0.306 bits per heavy atom. The SMILES string of the molecule is Fc1cc(F)cc(-c2ccc(-c3ccc(-c4ccc(-c5ccc(-c6cc(F)cc(F)c6)s5)s4)s3)s2)c1. The van der Waals surface area contributed by atoms with E-state index in [1.54, 1.807) is 22.7 Å². The number of thiophene rings is 4. The molecule has 0 saturated heterocycles. The van der Waals surface area contributed by atoms with Gasteiger partial charge in [-0.15, -0.1) is 45.3 Å². The molecule has 0 N–H and O–H groups in total. The second kappa shape index (κ2) is 9.44. The van der Waals surface area contributed by atoms with Crippen LogP contribution in [0.3, 0.4) is 0 Å². The van der Waals surface area contributed by atoms with Crippen molar-refractivity contribution in [1.82, 2.24) is 0 Å². The molecular formula is C28H14F4S4. The first-order valence-electron chi connectivity index (χ1n) is 10.7. The molecule has 0 aliphatic carbocycles. The van der Waals surface area contributed by atoms with Crippen LogP contribution in [0.15, 0.2) is 84.9 Å². The topological polar surface area (TPSA) is 0 Å². The summed E-state index contributed by atoms with van der Waals surface area (Å²) in [4.78, 5) is 8.10. The molecule has 0 atom stereocenters. The van der Waals surface area contributed by atoms with Gasteiger partial charge in [-0.25, -0.2) is 17.6 Å². The molecule has 2 aromatic carbocycles. The molecule has 0 amide bonds. The molecule has 6 rings (SSSR count). The summed E-state index contributed by atoms with van der Waals surface area (Å²) in [6, 6.07) is 23.1. The van der Waals surface area contributed by atoms with Crippen LogP contribution in [0.4, 0.5) is 17.6 Å². The molecule has 178 valence electrons. The Morgan fingerprint density at radius 2 is 0.528 bits per heavy atom. The van der Waals surface area contributed by atoms with Gasteiger partial charge in [-0.2, -0.15) is 0 Å². The first-order chi connectivity index (χ1) is 17.4. The van der Waals surface area contributed by atoms with E-state index in [9.17, 15) is 17.6 Å². The normalized spacial score (nSPS) is 11.3. The highest BCUT2D eigenvalue weighted by atomic mass is 32.1. The number of halogens is 4. The summed E-state index contributed by atoms with van der Waals surface area (Å²) >= 11 is 6.32. The second-order valence-corrected chi connectivity index (χ2v) is 12.3. The van der Waals surface area contributed by atoms with Crippen LogP contribution in [0.25, 0.3) is 50.1 Å². The van der Waals surface area contributed by atoms with Gasteiger partial charge in [0.05, 0.1) is 0 Å². The number of rotatable bonds is 5. The molecule has 4 aromatic heterocycles. The second-order valence-electron chi connectivity index (χ2n) is 7.97. The lowest BCUT2D eigenvalue weighted by molar-refractivity contribution is 0.583. The van der Waals surface area contributed by atoms with Crippen LogP contribution in [0.1, 0.15) is 0 Å². The van der Waals surface area contributed by atoms with E-state index in [1.807, 2.05) is 24.3 Å². The fourth-order valence-corrected chi connectivity index (χ4v) is 8.12. The number of hydrogen-bond acceptors (Lipinski definition) is 4. The Kier molecular flexibility index (Phi) is 6.13. The maximum Gasteiger partial charge on any atom is 0.126 e. The Labute approximate surface area is 220 Å². The van der Waals surface area contributed by atoms with Crippen LogP contribution in [0.2, 0.25) is 0 Å². The zero-order valence-corrected chi connectivity index (χ0v) is 21.5. The van der Waals surface area contributed by atoms with E-state index in [4.69, 9.17) is 0 Å². The van der Waals surface area contributed by atoms with Gasteiger partial charge >= 0.3 is 0 Å². The third-order valence-corrected chi connectivity index (χ3v) is 10.5. The first kappa shape index (κ1) is 23.4. The molecule has 0 fully saturated rings. The van der Waals surface area contributed by atoms with Crippen molar-refractivity contribution in [3.8, 4) is 50.1 Å². The molecule has 0 nitrogen and oxygen atoms in total. The minimum Gasteiger partial charge on any atom is -0.207 e. The highest BCUT2D eigenvalue weighted by molar-refractivity contribution is 7.29. The fraction of sp³-hybridized carbons (Fsp3) is 0. The van der Waals surface area contributed by atoms with Crippen LogP contribution in [0.5, 0.6) is 0 Å². The number of benzene rings is 2. The zero-order chi connectivity index (χ0) is 24.8. The standard InChI is InChI=1S/C28H14F4S4/c29-17-9-15(10-18(30)13-17)21-1-3-23(33-21)25-5-7-27(35-25)28-8-6-26(36-28)24-4-2-22(34-24)16-11-19(31)14-20(32)12-16/h1-14H. The average molecular weight is 555 g/mol. The van der Waals surface area contributed by atoms with Gasteiger partial charge in [0, 0.05) is 51.1 Å². The van der Waals surface area contributed by atoms with Crippen molar-refractivity contribution in [2.45, 2.75) is 0 Å². The van der Waals surface area contributed by atoms with E-state index in [2.05, 4.69) is 24.3 Å². The van der Waals surface area contributed by atoms with Crippen LogP contribution in [-0.4, -0.2) is 0 Å². The van der Waals surface area contributed by atoms with E-state index in [0.29, 0.717) is 11.1 Å². The maximum atomic E-state index is 13.6. The molecular weight excluding hydrogens is 541 g/mol. The lowest BCUT2D eigenvalue weighted by atomic mass is 10.2. The van der Waals surface area contributed by atoms with Crippen molar-refractivity contribution in [2.24, 2.45) is 0 Å². The van der Waals surface area contributed by atoms with E-state index in [1.165, 1.54) is 46.9 Å². The summed E-state index contributed by atoms with van der Waals surface area (Å²) in [5.74, 6) is -2.36. The molecule has 36 heavy (non-hydrogen) atoms. The van der Waals surface area contributed by atoms with Crippen molar-refractivity contribution >= 4 is 45.3 Å².